The van der Waals surface area contributed by atoms with Crippen molar-refractivity contribution in [1.29, 1.82) is 0 Å². The van der Waals surface area contributed by atoms with E-state index >= 15 is 0 Å². The van der Waals surface area contributed by atoms with Gasteiger partial charge in [-0.2, -0.15) is 5.11 Å². The zero-order valence-electron chi connectivity index (χ0n) is 22.1. The summed E-state index contributed by atoms with van der Waals surface area (Å²) in [6.07, 6.45) is 0. The van der Waals surface area contributed by atoms with Crippen molar-refractivity contribution in [3.05, 3.63) is 96.7 Å². The average Bonchev–Trinajstić information content (AvgIpc) is 2.95. The van der Waals surface area contributed by atoms with Gasteiger partial charge in [-0.05, 0) is 72.4 Å². The number of nitro groups is 1. The molecular weight excluding hydrogens is 516 g/mol. The Morgan fingerprint density at radius 3 is 2.08 bits per heavy atom. The maximum atomic E-state index is 11.4. The summed E-state index contributed by atoms with van der Waals surface area (Å²) < 4.78 is 5.46. The Kier molecular flexibility index (Phi) is 10.5. The highest BCUT2D eigenvalue weighted by molar-refractivity contribution is 5.64. The molecule has 0 radical (unpaired) electrons. The lowest BCUT2D eigenvalue weighted by atomic mass is 10.1. The van der Waals surface area contributed by atoms with Gasteiger partial charge in [0.25, 0.3) is 5.69 Å². The minimum Gasteiger partial charge on any atom is -0.494 e. The zero-order valence-corrected chi connectivity index (χ0v) is 22.1. The Balaban J connectivity index is 1.80. The van der Waals surface area contributed by atoms with Gasteiger partial charge >= 0.3 is 0 Å². The van der Waals surface area contributed by atoms with Gasteiger partial charge in [0, 0.05) is 53.8 Å². The summed E-state index contributed by atoms with van der Waals surface area (Å²) in [5, 5.41) is 35.4. The van der Waals surface area contributed by atoms with Crippen LogP contribution in [0.2, 0.25) is 0 Å². The molecule has 0 aliphatic heterocycles. The number of ether oxygens (including phenoxy) is 1. The number of aryl methyl sites for hydroxylation is 2. The molecule has 0 atom stereocenters. The Morgan fingerprint density at radius 1 is 0.850 bits per heavy atom. The zero-order chi connectivity index (χ0) is 28.9. The molecular formula is C25H26N12O3. The second-order valence-electron chi connectivity index (χ2n) is 8.37. The number of hydrogen-bond acceptors (Lipinski definition) is 10. The van der Waals surface area contributed by atoms with E-state index in [1.54, 1.807) is 43.3 Å². The number of methoxy groups -OCH3 is 1. The number of benzene rings is 3. The smallest absolute Gasteiger partial charge is 0.296 e. The van der Waals surface area contributed by atoms with Crippen LogP contribution in [0.25, 0.3) is 20.9 Å². The van der Waals surface area contributed by atoms with Crippen molar-refractivity contribution in [3.8, 4) is 5.75 Å². The summed E-state index contributed by atoms with van der Waals surface area (Å²) in [6.45, 7) is 5.04. The van der Waals surface area contributed by atoms with E-state index in [9.17, 15) is 10.1 Å². The van der Waals surface area contributed by atoms with Crippen molar-refractivity contribution in [2.75, 3.05) is 38.2 Å². The molecule has 204 valence electrons. The standard InChI is InChI=1S/C25H26N12O3/c1-17-4-9-21(24(14-17)37(38)39)31-32-22-16-25(40-3)23(15-18(22)2)33-30-19-5-7-20(8-6-19)36(12-10-28-34-26)13-11-29-35-27/h4-9,14-16H,10-13H2,1-3H3. The molecule has 3 aromatic rings. The molecule has 0 unspecified atom stereocenters. The van der Waals surface area contributed by atoms with Gasteiger partial charge in [-0.25, -0.2) is 0 Å². The van der Waals surface area contributed by atoms with Crippen LogP contribution in [0.3, 0.4) is 0 Å². The van der Waals surface area contributed by atoms with E-state index in [0.717, 1.165) is 16.8 Å². The van der Waals surface area contributed by atoms with Gasteiger partial charge in [-0.1, -0.05) is 16.3 Å². The third kappa shape index (κ3) is 7.99. The molecule has 0 aliphatic rings. The molecule has 0 fully saturated rings. The molecule has 0 saturated heterocycles. The molecule has 0 amide bonds. The number of anilines is 1. The van der Waals surface area contributed by atoms with Crippen LogP contribution in [0.15, 0.2) is 85.3 Å². The Labute approximate surface area is 229 Å². The lowest BCUT2D eigenvalue weighted by Gasteiger charge is -2.23. The number of rotatable bonds is 13. The highest BCUT2D eigenvalue weighted by Crippen LogP contribution is 2.37. The number of hydrogen-bond donors (Lipinski definition) is 0. The van der Waals surface area contributed by atoms with Crippen molar-refractivity contribution in [2.24, 2.45) is 30.7 Å². The van der Waals surface area contributed by atoms with Crippen LogP contribution in [0, 0.1) is 24.0 Å². The first-order chi connectivity index (χ1) is 19.4. The van der Waals surface area contributed by atoms with Crippen LogP contribution in [0.1, 0.15) is 11.1 Å². The summed E-state index contributed by atoms with van der Waals surface area (Å²) in [4.78, 5) is 18.4. The fourth-order valence-electron chi connectivity index (χ4n) is 3.62. The van der Waals surface area contributed by atoms with Crippen molar-refractivity contribution in [3.63, 3.8) is 0 Å². The number of azo groups is 2. The van der Waals surface area contributed by atoms with E-state index in [1.807, 2.05) is 24.0 Å². The topological polar surface area (TPSA) is 203 Å². The van der Waals surface area contributed by atoms with Crippen LogP contribution in [0.4, 0.5) is 34.1 Å². The maximum Gasteiger partial charge on any atom is 0.296 e. The van der Waals surface area contributed by atoms with Crippen LogP contribution in [0.5, 0.6) is 5.75 Å². The van der Waals surface area contributed by atoms with E-state index < -0.39 is 4.92 Å². The predicted octanol–water partition coefficient (Wildman–Crippen LogP) is 8.48. The number of nitrogens with zero attached hydrogens (tertiary/aromatic N) is 12. The molecule has 3 rings (SSSR count). The highest BCUT2D eigenvalue weighted by Gasteiger charge is 2.14. The summed E-state index contributed by atoms with van der Waals surface area (Å²) >= 11 is 0. The van der Waals surface area contributed by atoms with E-state index in [-0.39, 0.29) is 24.5 Å². The van der Waals surface area contributed by atoms with E-state index in [2.05, 4.69) is 40.5 Å². The van der Waals surface area contributed by atoms with Gasteiger partial charge in [0.15, 0.2) is 5.69 Å². The minimum absolute atomic E-state index is 0.126. The first-order valence-corrected chi connectivity index (χ1v) is 12.0. The predicted molar refractivity (Wildman–Crippen MR) is 151 cm³/mol. The lowest BCUT2D eigenvalue weighted by molar-refractivity contribution is -0.384. The molecule has 15 heteroatoms. The Hall–Kier alpha value is -5.52. The second-order valence-corrected chi connectivity index (χ2v) is 8.37. The minimum atomic E-state index is -0.491. The number of nitro benzene ring substituents is 1. The van der Waals surface area contributed by atoms with E-state index in [0.29, 0.717) is 35.9 Å². The maximum absolute atomic E-state index is 11.4. The van der Waals surface area contributed by atoms with Crippen LogP contribution in [-0.4, -0.2) is 38.2 Å². The molecule has 0 heterocycles. The normalized spacial score (nSPS) is 10.8. The van der Waals surface area contributed by atoms with Gasteiger partial charge in [0.2, 0.25) is 0 Å². The van der Waals surface area contributed by atoms with Gasteiger partial charge in [-0.3, -0.25) is 10.1 Å². The number of azide groups is 2. The average molecular weight is 543 g/mol. The highest BCUT2D eigenvalue weighted by atomic mass is 16.6. The fourth-order valence-corrected chi connectivity index (χ4v) is 3.62. The third-order valence-electron chi connectivity index (χ3n) is 5.64. The van der Waals surface area contributed by atoms with Crippen LogP contribution in [-0.2, 0) is 0 Å². The second kappa shape index (κ2) is 14.4. The van der Waals surface area contributed by atoms with Gasteiger partial charge in [0.05, 0.1) is 23.4 Å². The van der Waals surface area contributed by atoms with Crippen molar-refractivity contribution in [2.45, 2.75) is 13.8 Å². The summed E-state index contributed by atoms with van der Waals surface area (Å²) in [6, 6.07) is 15.4. The molecule has 0 saturated carbocycles. The summed E-state index contributed by atoms with van der Waals surface area (Å²) in [7, 11) is 1.49. The third-order valence-corrected chi connectivity index (χ3v) is 5.64. The molecule has 0 aromatic heterocycles. The molecule has 0 N–H and O–H groups in total. The first-order valence-electron chi connectivity index (χ1n) is 12.0. The SMILES string of the molecule is COc1cc(N=Nc2ccc(C)cc2[N+](=O)[O-])c(C)cc1N=Nc1ccc(N(CCN=[N+]=[N-])CCN=[N+]=[N-])cc1. The van der Waals surface area contributed by atoms with Gasteiger partial charge < -0.3 is 9.64 Å². The van der Waals surface area contributed by atoms with Gasteiger partial charge in [0.1, 0.15) is 11.4 Å². The van der Waals surface area contributed by atoms with E-state index in [1.165, 1.54) is 13.2 Å². The first kappa shape index (κ1) is 29.0. The van der Waals surface area contributed by atoms with Crippen LogP contribution < -0.4 is 9.64 Å². The fraction of sp³-hybridized carbons (Fsp3) is 0.280. The van der Waals surface area contributed by atoms with Crippen molar-refractivity contribution >= 4 is 34.1 Å². The monoisotopic (exact) mass is 542 g/mol. The molecule has 40 heavy (non-hydrogen) atoms. The Morgan fingerprint density at radius 2 is 1.48 bits per heavy atom. The quantitative estimate of drug-likeness (QED) is 0.0684. The van der Waals surface area contributed by atoms with Crippen molar-refractivity contribution in [1.82, 2.24) is 0 Å². The molecule has 0 aliphatic carbocycles. The van der Waals surface area contributed by atoms with E-state index in [4.69, 9.17) is 15.8 Å². The lowest BCUT2D eigenvalue weighted by Crippen LogP contribution is -2.28. The molecule has 0 spiro atoms. The summed E-state index contributed by atoms with van der Waals surface area (Å²) in [5.41, 5.74) is 20.9. The van der Waals surface area contributed by atoms with Crippen LogP contribution >= 0.6 is 0 Å². The van der Waals surface area contributed by atoms with Gasteiger partial charge in [-0.15, -0.1) is 15.3 Å². The Bertz CT molecular complexity index is 1490. The van der Waals surface area contributed by atoms with Crippen molar-refractivity contribution < 1.29 is 9.66 Å². The molecule has 15 nitrogen and oxygen atoms in total. The molecule has 3 aromatic carbocycles. The molecule has 0 bridgehead atoms. The largest absolute Gasteiger partial charge is 0.494 e. The summed E-state index contributed by atoms with van der Waals surface area (Å²) in [5.74, 6) is 0.403.